The van der Waals surface area contributed by atoms with Crippen molar-refractivity contribution >= 4 is 22.8 Å². The average Bonchev–Trinajstić information content (AvgIpc) is 2.77. The first-order valence-electron chi connectivity index (χ1n) is 6.54. The van der Waals surface area contributed by atoms with Gasteiger partial charge in [-0.1, -0.05) is 12.1 Å². The lowest BCUT2D eigenvalue weighted by Gasteiger charge is -2.14. The van der Waals surface area contributed by atoms with Gasteiger partial charge in [-0.2, -0.15) is 0 Å². The maximum atomic E-state index is 13.7. The standard InChI is InChI=1S/C15H16FNO4/c1-4-20-12(18)8-17(3)15(19)13-9(2)10-6-5-7-11(16)14(10)21-13/h5-7H,4,8H2,1-3H3. The number of esters is 1. The molecule has 0 atom stereocenters. The van der Waals surface area contributed by atoms with E-state index in [1.807, 2.05) is 0 Å². The number of benzene rings is 1. The van der Waals surface area contributed by atoms with Crippen molar-refractivity contribution in [3.8, 4) is 0 Å². The quantitative estimate of drug-likeness (QED) is 0.813. The highest BCUT2D eigenvalue weighted by Crippen LogP contribution is 2.27. The van der Waals surface area contributed by atoms with Gasteiger partial charge in [0, 0.05) is 18.0 Å². The summed E-state index contributed by atoms with van der Waals surface area (Å²) in [7, 11) is 1.46. The third-order valence-electron chi connectivity index (χ3n) is 3.13. The Hall–Kier alpha value is -2.37. The van der Waals surface area contributed by atoms with E-state index >= 15 is 0 Å². The normalized spacial score (nSPS) is 10.7. The van der Waals surface area contributed by atoms with Crippen LogP contribution in [-0.4, -0.2) is 37.0 Å². The van der Waals surface area contributed by atoms with Crippen molar-refractivity contribution in [1.29, 1.82) is 0 Å². The summed E-state index contributed by atoms with van der Waals surface area (Å²) in [6.07, 6.45) is 0. The molecule has 112 valence electrons. The summed E-state index contributed by atoms with van der Waals surface area (Å²) in [5.74, 6) is -1.49. The van der Waals surface area contributed by atoms with E-state index in [1.165, 1.54) is 18.0 Å². The zero-order valence-corrected chi connectivity index (χ0v) is 12.1. The summed E-state index contributed by atoms with van der Waals surface area (Å²) in [4.78, 5) is 24.9. The summed E-state index contributed by atoms with van der Waals surface area (Å²) < 4.78 is 23.8. The number of para-hydroxylation sites is 1. The molecule has 1 aromatic heterocycles. The number of nitrogens with zero attached hydrogens (tertiary/aromatic N) is 1. The molecule has 6 heteroatoms. The van der Waals surface area contributed by atoms with Crippen LogP contribution >= 0.6 is 0 Å². The molecule has 0 aliphatic rings. The fourth-order valence-electron chi connectivity index (χ4n) is 2.06. The van der Waals surface area contributed by atoms with Gasteiger partial charge in [-0.3, -0.25) is 9.59 Å². The third-order valence-corrected chi connectivity index (χ3v) is 3.13. The molecule has 0 bridgehead atoms. The number of amides is 1. The second-order valence-electron chi connectivity index (χ2n) is 4.64. The van der Waals surface area contributed by atoms with E-state index in [0.29, 0.717) is 10.9 Å². The lowest BCUT2D eigenvalue weighted by molar-refractivity contribution is -0.143. The molecule has 0 aliphatic carbocycles. The number of hydrogen-bond donors (Lipinski definition) is 0. The highest BCUT2D eigenvalue weighted by atomic mass is 19.1. The minimum Gasteiger partial charge on any atom is -0.465 e. The molecule has 2 rings (SSSR count). The molecule has 1 heterocycles. The van der Waals surface area contributed by atoms with Gasteiger partial charge < -0.3 is 14.1 Å². The molecule has 0 aliphatic heterocycles. The molecule has 0 N–H and O–H groups in total. The van der Waals surface area contributed by atoms with Crippen molar-refractivity contribution < 1.29 is 23.1 Å². The fourth-order valence-corrected chi connectivity index (χ4v) is 2.06. The number of likely N-dealkylation sites (N-methyl/N-ethyl adjacent to an activating group) is 1. The molecule has 1 amide bonds. The van der Waals surface area contributed by atoms with Crippen molar-refractivity contribution in [3.05, 3.63) is 35.3 Å². The first kappa shape index (κ1) is 15.0. The zero-order chi connectivity index (χ0) is 15.6. The Kier molecular flexibility index (Phi) is 4.26. The number of halogens is 1. The molecule has 0 radical (unpaired) electrons. The predicted octanol–water partition coefficient (Wildman–Crippen LogP) is 2.52. The number of aryl methyl sites for hydroxylation is 1. The van der Waals surface area contributed by atoms with Crippen molar-refractivity contribution in [3.63, 3.8) is 0 Å². The number of hydrogen-bond acceptors (Lipinski definition) is 4. The van der Waals surface area contributed by atoms with Gasteiger partial charge in [0.15, 0.2) is 17.2 Å². The summed E-state index contributed by atoms with van der Waals surface area (Å²) in [5.41, 5.74) is 0.591. The SMILES string of the molecule is CCOC(=O)CN(C)C(=O)c1oc2c(F)cccc2c1C. The molecule has 1 aromatic carbocycles. The molecule has 0 unspecified atom stereocenters. The van der Waals surface area contributed by atoms with E-state index in [4.69, 9.17) is 9.15 Å². The lowest BCUT2D eigenvalue weighted by atomic mass is 10.1. The van der Waals surface area contributed by atoms with Gasteiger partial charge in [0.05, 0.1) is 6.61 Å². The minimum atomic E-state index is -0.525. The predicted molar refractivity (Wildman–Crippen MR) is 74.5 cm³/mol. The van der Waals surface area contributed by atoms with Crippen LogP contribution < -0.4 is 0 Å². The van der Waals surface area contributed by atoms with Crippen LogP contribution in [0.15, 0.2) is 22.6 Å². The van der Waals surface area contributed by atoms with Gasteiger partial charge in [-0.05, 0) is 19.9 Å². The van der Waals surface area contributed by atoms with Gasteiger partial charge >= 0.3 is 5.97 Å². The second-order valence-corrected chi connectivity index (χ2v) is 4.64. The van der Waals surface area contributed by atoms with Crippen LogP contribution in [0.4, 0.5) is 4.39 Å². The van der Waals surface area contributed by atoms with Crippen LogP contribution in [0, 0.1) is 12.7 Å². The Morgan fingerprint density at radius 1 is 1.38 bits per heavy atom. The van der Waals surface area contributed by atoms with Crippen molar-refractivity contribution in [1.82, 2.24) is 4.90 Å². The van der Waals surface area contributed by atoms with Crippen LogP contribution in [0.1, 0.15) is 23.0 Å². The van der Waals surface area contributed by atoms with Crippen LogP contribution in [-0.2, 0) is 9.53 Å². The topological polar surface area (TPSA) is 59.8 Å². The molecule has 0 saturated carbocycles. The van der Waals surface area contributed by atoms with E-state index in [1.54, 1.807) is 26.0 Å². The molecule has 0 fully saturated rings. The van der Waals surface area contributed by atoms with Crippen molar-refractivity contribution in [2.75, 3.05) is 20.2 Å². The van der Waals surface area contributed by atoms with Crippen LogP contribution in [0.2, 0.25) is 0 Å². The van der Waals surface area contributed by atoms with E-state index in [-0.39, 0.29) is 24.5 Å². The number of rotatable bonds is 4. The summed E-state index contributed by atoms with van der Waals surface area (Å²) in [6.45, 7) is 3.42. The fraction of sp³-hybridized carbons (Fsp3) is 0.333. The maximum Gasteiger partial charge on any atom is 0.325 e. The monoisotopic (exact) mass is 293 g/mol. The number of fused-ring (bicyclic) bond motifs is 1. The van der Waals surface area contributed by atoms with Gasteiger partial charge in [-0.25, -0.2) is 4.39 Å². The number of furan rings is 1. The third kappa shape index (κ3) is 2.89. The van der Waals surface area contributed by atoms with E-state index < -0.39 is 17.7 Å². The molecule has 0 saturated heterocycles. The molecule has 5 nitrogen and oxygen atoms in total. The average molecular weight is 293 g/mol. The second kappa shape index (κ2) is 5.95. The van der Waals surface area contributed by atoms with Gasteiger partial charge in [-0.15, -0.1) is 0 Å². The minimum absolute atomic E-state index is 0.0295. The van der Waals surface area contributed by atoms with Gasteiger partial charge in [0.2, 0.25) is 0 Å². The highest BCUT2D eigenvalue weighted by Gasteiger charge is 2.23. The van der Waals surface area contributed by atoms with E-state index in [9.17, 15) is 14.0 Å². The molecule has 21 heavy (non-hydrogen) atoms. The number of carbonyl (C=O) groups excluding carboxylic acids is 2. The van der Waals surface area contributed by atoms with Crippen molar-refractivity contribution in [2.24, 2.45) is 0 Å². The largest absolute Gasteiger partial charge is 0.465 e. The molecule has 0 spiro atoms. The smallest absolute Gasteiger partial charge is 0.325 e. The molecular weight excluding hydrogens is 277 g/mol. The lowest BCUT2D eigenvalue weighted by Crippen LogP contribution is -2.33. The Bertz CT molecular complexity index is 692. The Morgan fingerprint density at radius 2 is 2.10 bits per heavy atom. The van der Waals surface area contributed by atoms with Crippen molar-refractivity contribution in [2.45, 2.75) is 13.8 Å². The Labute approximate surface area is 121 Å². The first-order chi connectivity index (χ1) is 9.95. The number of ether oxygens (including phenoxy) is 1. The summed E-state index contributed by atoms with van der Waals surface area (Å²) >= 11 is 0. The molecule has 2 aromatic rings. The van der Waals surface area contributed by atoms with Crippen LogP contribution in [0.3, 0.4) is 0 Å². The van der Waals surface area contributed by atoms with Crippen LogP contribution in [0.25, 0.3) is 11.0 Å². The Balaban J connectivity index is 2.29. The maximum absolute atomic E-state index is 13.7. The highest BCUT2D eigenvalue weighted by molar-refractivity contribution is 5.99. The molecular formula is C15H16FNO4. The summed E-state index contributed by atoms with van der Waals surface area (Å²) in [6, 6.07) is 4.50. The van der Waals surface area contributed by atoms with Crippen LogP contribution in [0.5, 0.6) is 0 Å². The van der Waals surface area contributed by atoms with E-state index in [0.717, 1.165) is 0 Å². The van der Waals surface area contributed by atoms with E-state index in [2.05, 4.69) is 0 Å². The zero-order valence-electron chi connectivity index (χ0n) is 12.1. The Morgan fingerprint density at radius 3 is 2.71 bits per heavy atom. The first-order valence-corrected chi connectivity index (χ1v) is 6.54. The summed E-state index contributed by atoms with van der Waals surface area (Å²) in [5, 5.41) is 0.544. The van der Waals surface area contributed by atoms with Gasteiger partial charge in [0.25, 0.3) is 5.91 Å². The van der Waals surface area contributed by atoms with Gasteiger partial charge in [0.1, 0.15) is 6.54 Å². The number of carbonyl (C=O) groups is 2.